The highest BCUT2D eigenvalue weighted by Crippen LogP contribution is 2.51. The molecule has 2 nitrogen and oxygen atoms in total. The summed E-state index contributed by atoms with van der Waals surface area (Å²) in [6, 6.07) is 57.7. The topological polar surface area (TPSA) is 8.17 Å². The number of aryl methyl sites for hydroxylation is 1. The third kappa shape index (κ3) is 5.02. The monoisotopic (exact) mass is 668 g/mol. The first-order valence-electron chi connectivity index (χ1n) is 18.1. The van der Waals surface area contributed by atoms with Crippen molar-refractivity contribution in [3.63, 3.8) is 0 Å². The second-order valence-corrected chi connectivity index (χ2v) is 14.3. The third-order valence-electron chi connectivity index (χ3n) is 11.0. The molecule has 0 saturated heterocycles. The Labute approximate surface area is 306 Å². The lowest BCUT2D eigenvalue weighted by molar-refractivity contribution is 0.660. The van der Waals surface area contributed by atoms with Crippen LogP contribution in [0.25, 0.3) is 55.7 Å². The van der Waals surface area contributed by atoms with Crippen LogP contribution in [0.3, 0.4) is 0 Å². The number of hydrogen-bond acceptors (Lipinski definition) is 1. The van der Waals surface area contributed by atoms with E-state index < -0.39 is 0 Å². The van der Waals surface area contributed by atoms with Gasteiger partial charge in [0.05, 0.1) is 11.2 Å². The fourth-order valence-electron chi connectivity index (χ4n) is 8.33. The fourth-order valence-corrected chi connectivity index (χ4v) is 8.33. The van der Waals surface area contributed by atoms with Gasteiger partial charge in [0.2, 0.25) is 0 Å². The van der Waals surface area contributed by atoms with Gasteiger partial charge in [-0.1, -0.05) is 136 Å². The van der Waals surface area contributed by atoms with E-state index in [1.165, 1.54) is 72.0 Å². The fraction of sp³-hybridized carbons (Fsp3) is 0.0800. The molecule has 0 fully saturated rings. The van der Waals surface area contributed by atoms with Gasteiger partial charge in [-0.25, -0.2) is 0 Å². The normalized spacial score (nSPS) is 13.1. The maximum Gasteiger partial charge on any atom is 0.0540 e. The van der Waals surface area contributed by atoms with Crippen LogP contribution in [0.5, 0.6) is 0 Å². The summed E-state index contributed by atoms with van der Waals surface area (Å²) in [5, 5.41) is 3.69. The van der Waals surface area contributed by atoms with Crippen LogP contribution in [-0.4, -0.2) is 4.57 Å². The van der Waals surface area contributed by atoms with Crippen molar-refractivity contribution in [3.05, 3.63) is 199 Å². The first-order valence-corrected chi connectivity index (χ1v) is 18.1. The van der Waals surface area contributed by atoms with Crippen molar-refractivity contribution in [2.45, 2.75) is 26.2 Å². The molecule has 9 rings (SSSR count). The summed E-state index contributed by atoms with van der Waals surface area (Å²) in [4.78, 5) is 2.43. The highest BCUT2D eigenvalue weighted by molar-refractivity contribution is 6.00. The molecule has 0 saturated carbocycles. The molecule has 52 heavy (non-hydrogen) atoms. The predicted octanol–water partition coefficient (Wildman–Crippen LogP) is 13.7. The number of nitrogens with zero attached hydrogens (tertiary/aromatic N) is 2. The van der Waals surface area contributed by atoms with Gasteiger partial charge in [-0.05, 0) is 112 Å². The zero-order valence-corrected chi connectivity index (χ0v) is 29.8. The van der Waals surface area contributed by atoms with Crippen molar-refractivity contribution in [2.24, 2.45) is 0 Å². The van der Waals surface area contributed by atoms with Crippen molar-refractivity contribution in [2.75, 3.05) is 4.90 Å². The van der Waals surface area contributed by atoms with E-state index in [1.807, 2.05) is 12.2 Å². The molecular weight excluding hydrogens is 629 g/mol. The lowest BCUT2D eigenvalue weighted by Crippen LogP contribution is -2.16. The minimum atomic E-state index is -0.0895. The lowest BCUT2D eigenvalue weighted by Gasteiger charge is -2.29. The standard InChI is InChI=1S/C50H40N2/c1-5-6-22-47-34(2)44-32-37(26-31-49(44)52(47)38-17-8-7-9-18-38)35-24-27-39(28-25-35)51(48-23-14-16-36-15-10-11-19-41(36)48)40-29-30-43-42-20-12-13-21-45(42)50(3,4)46(43)33-40/h5-33H,1H2,2-4H3/b22-6-. The molecule has 0 aliphatic heterocycles. The van der Waals surface area contributed by atoms with Gasteiger partial charge >= 0.3 is 0 Å². The van der Waals surface area contributed by atoms with Gasteiger partial charge in [0, 0.05) is 38.9 Å². The van der Waals surface area contributed by atoms with Crippen LogP contribution in [0.1, 0.15) is 36.2 Å². The second-order valence-electron chi connectivity index (χ2n) is 14.3. The average Bonchev–Trinajstić information content (AvgIpc) is 3.60. The summed E-state index contributed by atoms with van der Waals surface area (Å²) in [6.07, 6.45) is 6.01. The Balaban J connectivity index is 1.16. The van der Waals surface area contributed by atoms with E-state index in [-0.39, 0.29) is 5.41 Å². The Morgan fingerprint density at radius 1 is 0.596 bits per heavy atom. The molecule has 0 atom stereocenters. The zero-order chi connectivity index (χ0) is 35.4. The Bertz CT molecular complexity index is 2670. The summed E-state index contributed by atoms with van der Waals surface area (Å²) in [7, 11) is 0. The highest BCUT2D eigenvalue weighted by atomic mass is 15.1. The SMILES string of the molecule is C=C/C=C\c1c(C)c2cc(-c3ccc(N(c4ccc5c(c4)C(C)(C)c4ccccc4-5)c4cccc5ccccc45)cc3)ccc2n1-c1ccccc1. The number of hydrogen-bond donors (Lipinski definition) is 0. The van der Waals surface area contributed by atoms with E-state index in [0.29, 0.717) is 0 Å². The van der Waals surface area contributed by atoms with Crippen molar-refractivity contribution >= 4 is 44.8 Å². The second kappa shape index (κ2) is 12.4. The number of fused-ring (bicyclic) bond motifs is 5. The molecule has 0 bridgehead atoms. The van der Waals surface area contributed by atoms with E-state index in [4.69, 9.17) is 0 Å². The third-order valence-corrected chi connectivity index (χ3v) is 11.0. The molecule has 1 aromatic heterocycles. The molecule has 0 amide bonds. The maximum atomic E-state index is 3.92. The van der Waals surface area contributed by atoms with Crippen LogP contribution in [0.2, 0.25) is 0 Å². The molecule has 8 aromatic rings. The molecule has 0 spiro atoms. The minimum absolute atomic E-state index is 0.0895. The maximum absolute atomic E-state index is 3.92. The Morgan fingerprint density at radius 2 is 1.29 bits per heavy atom. The van der Waals surface area contributed by atoms with Crippen molar-refractivity contribution < 1.29 is 0 Å². The predicted molar refractivity (Wildman–Crippen MR) is 222 cm³/mol. The smallest absolute Gasteiger partial charge is 0.0540 e. The van der Waals surface area contributed by atoms with Gasteiger partial charge in [0.1, 0.15) is 0 Å². The van der Waals surface area contributed by atoms with Gasteiger partial charge in [0.25, 0.3) is 0 Å². The Hall–Kier alpha value is -6.38. The van der Waals surface area contributed by atoms with Crippen molar-refractivity contribution in [3.8, 4) is 27.9 Å². The zero-order valence-electron chi connectivity index (χ0n) is 29.8. The van der Waals surface area contributed by atoms with Gasteiger partial charge in [-0.2, -0.15) is 0 Å². The largest absolute Gasteiger partial charge is 0.310 e. The van der Waals surface area contributed by atoms with Gasteiger partial charge in [-0.15, -0.1) is 0 Å². The number of anilines is 3. The van der Waals surface area contributed by atoms with E-state index >= 15 is 0 Å². The van der Waals surface area contributed by atoms with E-state index in [1.54, 1.807) is 0 Å². The summed E-state index contributed by atoms with van der Waals surface area (Å²) in [5.41, 5.74) is 15.9. The average molecular weight is 669 g/mol. The van der Waals surface area contributed by atoms with Crippen LogP contribution < -0.4 is 4.90 Å². The van der Waals surface area contributed by atoms with Crippen LogP contribution in [0.4, 0.5) is 17.1 Å². The van der Waals surface area contributed by atoms with Crippen LogP contribution >= 0.6 is 0 Å². The molecule has 7 aromatic carbocycles. The number of aromatic nitrogens is 1. The van der Waals surface area contributed by atoms with Crippen molar-refractivity contribution in [1.29, 1.82) is 0 Å². The Kier molecular flexibility index (Phi) is 7.56. The van der Waals surface area contributed by atoms with Crippen LogP contribution in [0.15, 0.2) is 176 Å². The van der Waals surface area contributed by atoms with E-state index in [0.717, 1.165) is 17.1 Å². The van der Waals surface area contributed by atoms with Crippen LogP contribution in [0, 0.1) is 6.92 Å². The summed E-state index contributed by atoms with van der Waals surface area (Å²) in [5.74, 6) is 0. The van der Waals surface area contributed by atoms with Crippen LogP contribution in [-0.2, 0) is 5.41 Å². The summed E-state index contributed by atoms with van der Waals surface area (Å²) in [6.45, 7) is 10.8. The highest BCUT2D eigenvalue weighted by Gasteiger charge is 2.35. The Morgan fingerprint density at radius 3 is 2.12 bits per heavy atom. The van der Waals surface area contributed by atoms with Gasteiger partial charge in [-0.3, -0.25) is 0 Å². The van der Waals surface area contributed by atoms with E-state index in [9.17, 15) is 0 Å². The molecule has 0 unspecified atom stereocenters. The molecule has 0 radical (unpaired) electrons. The first kappa shape index (κ1) is 31.6. The molecule has 250 valence electrons. The van der Waals surface area contributed by atoms with Crippen molar-refractivity contribution in [1.82, 2.24) is 4.57 Å². The quantitative estimate of drug-likeness (QED) is 0.153. The molecular formula is C50H40N2. The first-order chi connectivity index (χ1) is 25.4. The molecule has 0 N–H and O–H groups in total. The molecule has 1 aliphatic carbocycles. The number of para-hydroxylation sites is 1. The summed E-state index contributed by atoms with van der Waals surface area (Å²) < 4.78 is 2.34. The summed E-state index contributed by atoms with van der Waals surface area (Å²) >= 11 is 0. The number of allylic oxidation sites excluding steroid dienone is 2. The van der Waals surface area contributed by atoms with Gasteiger partial charge in [0.15, 0.2) is 0 Å². The molecule has 1 aliphatic rings. The minimum Gasteiger partial charge on any atom is -0.310 e. The number of benzene rings is 7. The van der Waals surface area contributed by atoms with Gasteiger partial charge < -0.3 is 9.47 Å². The molecule has 2 heteroatoms. The van der Waals surface area contributed by atoms with E-state index in [2.05, 4.69) is 201 Å². The lowest BCUT2D eigenvalue weighted by atomic mass is 9.82. The molecule has 1 heterocycles. The number of rotatable bonds is 7.